The monoisotopic (exact) mass is 268 g/mol. The number of rotatable bonds is 7. The molecule has 0 heterocycles. The van der Waals surface area contributed by atoms with Crippen molar-refractivity contribution in [2.24, 2.45) is 17.7 Å². The third-order valence-corrected chi connectivity index (χ3v) is 5.36. The van der Waals surface area contributed by atoms with Crippen LogP contribution < -0.4 is 11.3 Å². The van der Waals surface area contributed by atoms with E-state index in [1.54, 1.807) is 0 Å². The number of hydrogen-bond donors (Lipinski definition) is 2. The molecule has 3 heteroatoms. The summed E-state index contributed by atoms with van der Waals surface area (Å²) in [6.07, 6.45) is 15.3. The normalized spacial score (nSPS) is 25.6. The molecule has 0 aromatic carbocycles. The van der Waals surface area contributed by atoms with E-state index in [1.807, 2.05) is 7.11 Å². The Morgan fingerprint density at radius 2 is 1.68 bits per heavy atom. The number of ether oxygens (including phenoxy) is 1. The van der Waals surface area contributed by atoms with E-state index in [1.165, 1.54) is 70.6 Å². The van der Waals surface area contributed by atoms with Gasteiger partial charge in [0.25, 0.3) is 0 Å². The molecule has 2 aliphatic carbocycles. The van der Waals surface area contributed by atoms with Gasteiger partial charge in [-0.05, 0) is 37.5 Å². The first kappa shape index (κ1) is 15.3. The maximum Gasteiger partial charge on any atom is 0.0765 e. The van der Waals surface area contributed by atoms with E-state index in [9.17, 15) is 0 Å². The number of nitrogens with one attached hydrogen (secondary N) is 1. The van der Waals surface area contributed by atoms with Crippen molar-refractivity contribution in [2.75, 3.05) is 7.11 Å². The summed E-state index contributed by atoms with van der Waals surface area (Å²) in [5.41, 5.74) is 3.05. The summed E-state index contributed by atoms with van der Waals surface area (Å²) < 4.78 is 5.82. The van der Waals surface area contributed by atoms with Crippen molar-refractivity contribution < 1.29 is 4.74 Å². The smallest absolute Gasteiger partial charge is 0.0765 e. The number of nitrogens with two attached hydrogens (primary N) is 1. The van der Waals surface area contributed by atoms with Crippen LogP contribution in [0.25, 0.3) is 0 Å². The molecule has 2 saturated carbocycles. The van der Waals surface area contributed by atoms with Crippen LogP contribution in [-0.2, 0) is 4.74 Å². The summed E-state index contributed by atoms with van der Waals surface area (Å²) in [4.78, 5) is 0. The first-order chi connectivity index (χ1) is 9.35. The Labute approximate surface area is 118 Å². The maximum absolute atomic E-state index is 5.82. The molecule has 2 rings (SSSR count). The Kier molecular flexibility index (Phi) is 6.62. The van der Waals surface area contributed by atoms with E-state index >= 15 is 0 Å². The largest absolute Gasteiger partial charge is 0.379 e. The van der Waals surface area contributed by atoms with Gasteiger partial charge in [0, 0.05) is 13.2 Å². The zero-order chi connectivity index (χ0) is 13.5. The lowest BCUT2D eigenvalue weighted by molar-refractivity contribution is 0.00463. The minimum absolute atomic E-state index is 0.312. The molecule has 2 atom stereocenters. The Hall–Kier alpha value is -0.120. The SMILES string of the molecule is COC(C1CCCCC1)C(CCC1CCCC1)NN. The van der Waals surface area contributed by atoms with E-state index < -0.39 is 0 Å². The van der Waals surface area contributed by atoms with Crippen molar-refractivity contribution in [1.82, 2.24) is 5.43 Å². The predicted octanol–water partition coefficient (Wildman–Crippen LogP) is 3.38. The second-order valence-electron chi connectivity index (χ2n) is 6.60. The first-order valence-corrected chi connectivity index (χ1v) is 8.34. The second kappa shape index (κ2) is 8.23. The molecule has 0 bridgehead atoms. The Morgan fingerprint density at radius 3 is 2.26 bits per heavy atom. The highest BCUT2D eigenvalue weighted by molar-refractivity contribution is 4.84. The number of methoxy groups -OCH3 is 1. The molecule has 2 fully saturated rings. The van der Waals surface area contributed by atoms with Gasteiger partial charge in [0.05, 0.1) is 6.10 Å². The minimum Gasteiger partial charge on any atom is -0.379 e. The number of hydrazine groups is 1. The zero-order valence-corrected chi connectivity index (χ0v) is 12.6. The fourth-order valence-electron chi connectivity index (χ4n) is 4.20. The summed E-state index contributed by atoms with van der Waals surface area (Å²) in [6, 6.07) is 0.341. The molecular weight excluding hydrogens is 236 g/mol. The van der Waals surface area contributed by atoms with Gasteiger partial charge in [-0.15, -0.1) is 0 Å². The van der Waals surface area contributed by atoms with Crippen LogP contribution in [0.3, 0.4) is 0 Å². The number of hydrogen-bond acceptors (Lipinski definition) is 3. The van der Waals surface area contributed by atoms with Crippen LogP contribution in [0, 0.1) is 11.8 Å². The third kappa shape index (κ3) is 4.44. The molecule has 19 heavy (non-hydrogen) atoms. The summed E-state index contributed by atoms with van der Waals surface area (Å²) in [5.74, 6) is 7.47. The fraction of sp³-hybridized carbons (Fsp3) is 1.00. The minimum atomic E-state index is 0.312. The predicted molar refractivity (Wildman–Crippen MR) is 79.7 cm³/mol. The van der Waals surface area contributed by atoms with E-state index in [0.29, 0.717) is 18.1 Å². The average Bonchev–Trinajstić information content (AvgIpc) is 2.97. The van der Waals surface area contributed by atoms with Crippen LogP contribution in [0.15, 0.2) is 0 Å². The molecule has 0 aliphatic heterocycles. The Morgan fingerprint density at radius 1 is 1.05 bits per heavy atom. The lowest BCUT2D eigenvalue weighted by Crippen LogP contribution is -2.48. The molecule has 0 saturated heterocycles. The summed E-state index contributed by atoms with van der Waals surface area (Å²) in [7, 11) is 1.86. The Bertz CT molecular complexity index is 235. The highest BCUT2D eigenvalue weighted by Gasteiger charge is 2.30. The van der Waals surface area contributed by atoms with Gasteiger partial charge < -0.3 is 4.74 Å². The van der Waals surface area contributed by atoms with Gasteiger partial charge in [-0.1, -0.05) is 44.9 Å². The maximum atomic E-state index is 5.82. The van der Waals surface area contributed by atoms with Gasteiger partial charge in [0.2, 0.25) is 0 Å². The standard InChI is InChI=1S/C16H32N2O/c1-19-16(14-9-3-2-4-10-14)15(18-17)12-11-13-7-5-6-8-13/h13-16,18H,2-12,17H2,1H3. The van der Waals surface area contributed by atoms with Crippen molar-refractivity contribution >= 4 is 0 Å². The topological polar surface area (TPSA) is 47.3 Å². The molecule has 0 spiro atoms. The van der Waals surface area contributed by atoms with Crippen LogP contribution in [0.2, 0.25) is 0 Å². The molecule has 0 radical (unpaired) electrons. The van der Waals surface area contributed by atoms with E-state index in [4.69, 9.17) is 10.6 Å². The molecule has 2 unspecified atom stereocenters. The molecule has 3 N–H and O–H groups in total. The van der Waals surface area contributed by atoms with E-state index in [-0.39, 0.29) is 0 Å². The van der Waals surface area contributed by atoms with Crippen LogP contribution in [0.4, 0.5) is 0 Å². The molecular formula is C16H32N2O. The van der Waals surface area contributed by atoms with Crippen LogP contribution >= 0.6 is 0 Å². The van der Waals surface area contributed by atoms with Crippen molar-refractivity contribution in [2.45, 2.75) is 82.8 Å². The van der Waals surface area contributed by atoms with E-state index in [2.05, 4.69) is 5.43 Å². The molecule has 2 aliphatic rings. The fourth-order valence-corrected chi connectivity index (χ4v) is 4.20. The van der Waals surface area contributed by atoms with Gasteiger partial charge in [-0.25, -0.2) is 0 Å². The molecule has 0 aromatic rings. The summed E-state index contributed by atoms with van der Waals surface area (Å²) in [6.45, 7) is 0. The molecule has 3 nitrogen and oxygen atoms in total. The summed E-state index contributed by atoms with van der Waals surface area (Å²) in [5, 5.41) is 0. The lowest BCUT2D eigenvalue weighted by atomic mass is 9.81. The molecule has 0 aromatic heterocycles. The van der Waals surface area contributed by atoms with Gasteiger partial charge in [-0.3, -0.25) is 11.3 Å². The lowest BCUT2D eigenvalue weighted by Gasteiger charge is -2.35. The van der Waals surface area contributed by atoms with Gasteiger partial charge in [-0.2, -0.15) is 0 Å². The van der Waals surface area contributed by atoms with Gasteiger partial charge >= 0.3 is 0 Å². The second-order valence-corrected chi connectivity index (χ2v) is 6.60. The van der Waals surface area contributed by atoms with Crippen molar-refractivity contribution in [3.05, 3.63) is 0 Å². The van der Waals surface area contributed by atoms with E-state index in [0.717, 1.165) is 5.92 Å². The quantitative estimate of drug-likeness (QED) is 0.549. The first-order valence-electron chi connectivity index (χ1n) is 8.34. The average molecular weight is 268 g/mol. The Balaban J connectivity index is 1.81. The molecule has 0 amide bonds. The van der Waals surface area contributed by atoms with Crippen molar-refractivity contribution in [3.8, 4) is 0 Å². The third-order valence-electron chi connectivity index (χ3n) is 5.36. The van der Waals surface area contributed by atoms with Gasteiger partial charge in [0.15, 0.2) is 0 Å². The highest BCUT2D eigenvalue weighted by atomic mass is 16.5. The molecule has 112 valence electrons. The van der Waals surface area contributed by atoms with Crippen LogP contribution in [0.5, 0.6) is 0 Å². The van der Waals surface area contributed by atoms with Gasteiger partial charge in [0.1, 0.15) is 0 Å². The highest BCUT2D eigenvalue weighted by Crippen LogP contribution is 2.33. The summed E-state index contributed by atoms with van der Waals surface area (Å²) >= 11 is 0. The van der Waals surface area contributed by atoms with Crippen LogP contribution in [0.1, 0.15) is 70.6 Å². The van der Waals surface area contributed by atoms with Crippen LogP contribution in [-0.4, -0.2) is 19.3 Å². The van der Waals surface area contributed by atoms with Crippen molar-refractivity contribution in [3.63, 3.8) is 0 Å². The van der Waals surface area contributed by atoms with Crippen molar-refractivity contribution in [1.29, 1.82) is 0 Å². The zero-order valence-electron chi connectivity index (χ0n) is 12.6.